The summed E-state index contributed by atoms with van der Waals surface area (Å²) >= 11 is 0. The van der Waals surface area contributed by atoms with E-state index >= 15 is 0 Å². The molecule has 4 atom stereocenters. The van der Waals surface area contributed by atoms with Gasteiger partial charge in [0.05, 0.1) is 0 Å². The van der Waals surface area contributed by atoms with Crippen LogP contribution in [-0.4, -0.2) is 0 Å². The molecular weight excluding hydrogens is 204 g/mol. The van der Waals surface area contributed by atoms with Gasteiger partial charge in [-0.2, -0.15) is 0 Å². The first-order chi connectivity index (χ1) is 8.04. The minimum atomic E-state index is 0.620. The molecule has 0 nitrogen and oxygen atoms in total. The zero-order chi connectivity index (χ0) is 12.1. The minimum Gasteiger partial charge on any atom is -0.0596 e. The van der Waals surface area contributed by atoms with Gasteiger partial charge in [0, 0.05) is 0 Å². The minimum absolute atomic E-state index is 0.620. The standard InChI is InChI=1S/C17H30/c1-16(2)11-6-12-17(3)14-8-5-4-7-13(14)9-10-15(16)17/h13-15H,4-12H2,1-3H3/t13-,14+,15+,17?/m1/s1. The molecule has 0 aromatic heterocycles. The van der Waals surface area contributed by atoms with Crippen LogP contribution in [0.4, 0.5) is 0 Å². The molecule has 0 aliphatic heterocycles. The fraction of sp³-hybridized carbons (Fsp3) is 1.00. The van der Waals surface area contributed by atoms with Crippen molar-refractivity contribution in [3.63, 3.8) is 0 Å². The molecular formula is C17H30. The molecule has 0 heteroatoms. The van der Waals surface area contributed by atoms with E-state index in [1.54, 1.807) is 19.3 Å². The first kappa shape index (κ1) is 12.1. The van der Waals surface area contributed by atoms with Crippen LogP contribution in [0.1, 0.15) is 78.6 Å². The molecule has 0 radical (unpaired) electrons. The smallest absolute Gasteiger partial charge is 0.0261 e. The number of fused-ring (bicyclic) bond motifs is 3. The average Bonchev–Trinajstić information content (AvgIpc) is 2.28. The summed E-state index contributed by atoms with van der Waals surface area (Å²) in [6.07, 6.45) is 13.7. The van der Waals surface area contributed by atoms with Gasteiger partial charge in [-0.1, -0.05) is 46.5 Å². The summed E-state index contributed by atoms with van der Waals surface area (Å²) in [5.41, 5.74) is 1.32. The van der Waals surface area contributed by atoms with Gasteiger partial charge >= 0.3 is 0 Å². The van der Waals surface area contributed by atoms with E-state index in [4.69, 9.17) is 0 Å². The molecule has 0 saturated heterocycles. The highest BCUT2D eigenvalue weighted by Gasteiger charge is 2.54. The van der Waals surface area contributed by atoms with Crippen molar-refractivity contribution in [3.8, 4) is 0 Å². The predicted molar refractivity (Wildman–Crippen MR) is 73.9 cm³/mol. The molecule has 0 amide bonds. The highest BCUT2D eigenvalue weighted by molar-refractivity contribution is 5.04. The van der Waals surface area contributed by atoms with Crippen LogP contribution in [-0.2, 0) is 0 Å². The Morgan fingerprint density at radius 1 is 0.765 bits per heavy atom. The van der Waals surface area contributed by atoms with Gasteiger partial charge in [-0.05, 0) is 60.7 Å². The van der Waals surface area contributed by atoms with Gasteiger partial charge in [-0.3, -0.25) is 0 Å². The summed E-state index contributed by atoms with van der Waals surface area (Å²) in [7, 11) is 0. The molecule has 0 spiro atoms. The lowest BCUT2D eigenvalue weighted by Gasteiger charge is -2.60. The van der Waals surface area contributed by atoms with E-state index in [1.807, 2.05) is 0 Å². The summed E-state index contributed by atoms with van der Waals surface area (Å²) in [5, 5.41) is 0. The molecule has 3 aliphatic carbocycles. The molecule has 0 aromatic rings. The van der Waals surface area contributed by atoms with Gasteiger partial charge in [0.15, 0.2) is 0 Å². The third-order valence-corrected chi connectivity index (χ3v) is 6.86. The quantitative estimate of drug-likeness (QED) is 0.525. The van der Waals surface area contributed by atoms with E-state index in [2.05, 4.69) is 20.8 Å². The topological polar surface area (TPSA) is 0 Å². The fourth-order valence-electron chi connectivity index (χ4n) is 6.13. The summed E-state index contributed by atoms with van der Waals surface area (Å²) in [4.78, 5) is 0. The van der Waals surface area contributed by atoms with Crippen molar-refractivity contribution in [1.29, 1.82) is 0 Å². The van der Waals surface area contributed by atoms with Crippen molar-refractivity contribution in [1.82, 2.24) is 0 Å². The van der Waals surface area contributed by atoms with Crippen molar-refractivity contribution in [2.75, 3.05) is 0 Å². The zero-order valence-corrected chi connectivity index (χ0v) is 12.1. The van der Waals surface area contributed by atoms with E-state index < -0.39 is 0 Å². The van der Waals surface area contributed by atoms with E-state index in [0.717, 1.165) is 17.8 Å². The summed E-state index contributed by atoms with van der Waals surface area (Å²) in [6.45, 7) is 7.77. The van der Waals surface area contributed by atoms with Gasteiger partial charge in [-0.25, -0.2) is 0 Å². The molecule has 0 bridgehead atoms. The van der Waals surface area contributed by atoms with Crippen LogP contribution in [0.5, 0.6) is 0 Å². The molecule has 3 aliphatic rings. The Labute approximate surface area is 108 Å². The molecule has 3 rings (SSSR count). The second kappa shape index (κ2) is 4.00. The Hall–Kier alpha value is 0. The second-order valence-electron chi connectivity index (χ2n) is 8.13. The summed E-state index contributed by atoms with van der Waals surface area (Å²) in [6, 6.07) is 0. The van der Waals surface area contributed by atoms with Crippen molar-refractivity contribution in [2.45, 2.75) is 78.6 Å². The lowest BCUT2D eigenvalue weighted by atomic mass is 9.45. The zero-order valence-electron chi connectivity index (χ0n) is 12.1. The van der Waals surface area contributed by atoms with Crippen LogP contribution < -0.4 is 0 Å². The van der Waals surface area contributed by atoms with E-state index in [1.165, 1.54) is 38.5 Å². The SMILES string of the molecule is CC1(C)CCCC2(C)[C@H]3CCCC[C@@H]3CC[C@@H]12. The van der Waals surface area contributed by atoms with E-state index in [9.17, 15) is 0 Å². The van der Waals surface area contributed by atoms with Crippen LogP contribution in [0, 0.1) is 28.6 Å². The van der Waals surface area contributed by atoms with Crippen molar-refractivity contribution in [3.05, 3.63) is 0 Å². The van der Waals surface area contributed by atoms with Crippen LogP contribution in [0.25, 0.3) is 0 Å². The Kier molecular flexibility index (Phi) is 2.84. The Morgan fingerprint density at radius 2 is 1.53 bits per heavy atom. The number of hydrogen-bond donors (Lipinski definition) is 0. The Morgan fingerprint density at radius 3 is 2.35 bits per heavy atom. The molecule has 0 heterocycles. The van der Waals surface area contributed by atoms with E-state index in [0.29, 0.717) is 10.8 Å². The maximum atomic E-state index is 2.67. The number of hydrogen-bond acceptors (Lipinski definition) is 0. The van der Waals surface area contributed by atoms with E-state index in [-0.39, 0.29) is 0 Å². The Bertz CT molecular complexity index is 290. The summed E-state index contributed by atoms with van der Waals surface area (Å²) in [5.74, 6) is 3.19. The van der Waals surface area contributed by atoms with Crippen LogP contribution in [0.3, 0.4) is 0 Å². The molecule has 98 valence electrons. The highest BCUT2D eigenvalue weighted by Crippen LogP contribution is 2.63. The summed E-state index contributed by atoms with van der Waals surface area (Å²) < 4.78 is 0. The molecule has 0 N–H and O–H groups in total. The monoisotopic (exact) mass is 234 g/mol. The van der Waals surface area contributed by atoms with Gasteiger partial charge in [-0.15, -0.1) is 0 Å². The lowest BCUT2D eigenvalue weighted by molar-refractivity contribution is -0.108. The van der Waals surface area contributed by atoms with Crippen LogP contribution in [0.15, 0.2) is 0 Å². The van der Waals surface area contributed by atoms with Gasteiger partial charge < -0.3 is 0 Å². The van der Waals surface area contributed by atoms with Gasteiger partial charge in [0.25, 0.3) is 0 Å². The first-order valence-corrected chi connectivity index (χ1v) is 8.04. The normalized spacial score (nSPS) is 49.2. The largest absolute Gasteiger partial charge is 0.0596 e. The molecule has 1 unspecified atom stereocenters. The molecule has 3 fully saturated rings. The second-order valence-corrected chi connectivity index (χ2v) is 8.13. The highest BCUT2D eigenvalue weighted by atomic mass is 14.6. The maximum absolute atomic E-state index is 2.67. The number of rotatable bonds is 0. The first-order valence-electron chi connectivity index (χ1n) is 8.04. The van der Waals surface area contributed by atoms with Crippen molar-refractivity contribution in [2.24, 2.45) is 28.6 Å². The average molecular weight is 234 g/mol. The molecule has 17 heavy (non-hydrogen) atoms. The van der Waals surface area contributed by atoms with Crippen LogP contribution >= 0.6 is 0 Å². The third-order valence-electron chi connectivity index (χ3n) is 6.86. The Balaban J connectivity index is 1.90. The van der Waals surface area contributed by atoms with Crippen molar-refractivity contribution < 1.29 is 0 Å². The van der Waals surface area contributed by atoms with Gasteiger partial charge in [0.2, 0.25) is 0 Å². The lowest BCUT2D eigenvalue weighted by Crippen LogP contribution is -2.52. The predicted octanol–water partition coefficient (Wildman–Crippen LogP) is 5.42. The third kappa shape index (κ3) is 1.78. The van der Waals surface area contributed by atoms with Gasteiger partial charge in [0.1, 0.15) is 0 Å². The van der Waals surface area contributed by atoms with Crippen LogP contribution in [0.2, 0.25) is 0 Å². The van der Waals surface area contributed by atoms with Crippen molar-refractivity contribution >= 4 is 0 Å². The maximum Gasteiger partial charge on any atom is -0.0261 e. The molecule has 0 aromatic carbocycles. The molecule has 3 saturated carbocycles. The fourth-order valence-corrected chi connectivity index (χ4v) is 6.13.